The molecule has 1 aliphatic heterocycles. The van der Waals surface area contributed by atoms with Crippen LogP contribution in [0.1, 0.15) is 13.8 Å². The monoisotopic (exact) mass is 358 g/mol. The first-order valence-corrected chi connectivity index (χ1v) is 9.41. The lowest BCUT2D eigenvalue weighted by atomic mass is 10.2. The molecule has 4 heteroatoms. The molecule has 4 rings (SSSR count). The number of anilines is 2. The molecular formula is C23H24N3O+. The summed E-state index contributed by atoms with van der Waals surface area (Å²) in [5.74, 6) is 0.811. The number of hydrogen-bond donors (Lipinski definition) is 0. The lowest BCUT2D eigenvalue weighted by Gasteiger charge is -2.19. The SMILES string of the molecule is CC[N+](CC)=c1ccc2nc3ccc(N(C)c4ccccc4)cc3oc-2c1. The highest BCUT2D eigenvalue weighted by atomic mass is 16.3. The molecule has 0 N–H and O–H groups in total. The van der Waals surface area contributed by atoms with Gasteiger partial charge in [-0.2, -0.15) is 0 Å². The second kappa shape index (κ2) is 7.23. The van der Waals surface area contributed by atoms with Crippen LogP contribution in [0, 0.1) is 0 Å². The molecule has 136 valence electrons. The largest absolute Gasteiger partial charge is 0.452 e. The number of aromatic nitrogens is 1. The van der Waals surface area contributed by atoms with E-state index < -0.39 is 0 Å². The van der Waals surface area contributed by atoms with Gasteiger partial charge < -0.3 is 9.32 Å². The molecule has 27 heavy (non-hydrogen) atoms. The predicted octanol–water partition coefficient (Wildman–Crippen LogP) is 4.51. The van der Waals surface area contributed by atoms with E-state index in [0.717, 1.165) is 52.4 Å². The third kappa shape index (κ3) is 3.31. The predicted molar refractivity (Wildman–Crippen MR) is 111 cm³/mol. The zero-order valence-electron chi connectivity index (χ0n) is 16.0. The second-order valence-corrected chi connectivity index (χ2v) is 6.58. The highest BCUT2D eigenvalue weighted by Gasteiger charge is 2.13. The molecule has 2 aromatic rings. The zero-order chi connectivity index (χ0) is 18.8. The molecule has 4 nitrogen and oxygen atoms in total. The van der Waals surface area contributed by atoms with Crippen LogP contribution in [0.2, 0.25) is 0 Å². The van der Waals surface area contributed by atoms with Crippen molar-refractivity contribution in [2.24, 2.45) is 0 Å². The maximum absolute atomic E-state index is 6.24. The highest BCUT2D eigenvalue weighted by Crippen LogP contribution is 2.29. The Bertz CT molecular complexity index is 1110. The lowest BCUT2D eigenvalue weighted by Crippen LogP contribution is -2.29. The molecule has 0 amide bonds. The number of rotatable bonds is 4. The van der Waals surface area contributed by atoms with Crippen LogP contribution < -0.4 is 14.8 Å². The molecule has 0 saturated carbocycles. The van der Waals surface area contributed by atoms with Crippen LogP contribution in [0.3, 0.4) is 0 Å². The molecule has 0 unspecified atom stereocenters. The summed E-state index contributed by atoms with van der Waals surface area (Å²) in [7, 11) is 2.06. The Morgan fingerprint density at radius 1 is 0.889 bits per heavy atom. The molecule has 0 spiro atoms. The third-order valence-corrected chi connectivity index (χ3v) is 5.01. The number of benzene rings is 3. The van der Waals surface area contributed by atoms with Crippen molar-refractivity contribution in [1.29, 1.82) is 0 Å². The Labute approximate surface area is 159 Å². The fraction of sp³-hybridized carbons (Fsp3) is 0.217. The van der Waals surface area contributed by atoms with E-state index >= 15 is 0 Å². The van der Waals surface area contributed by atoms with Crippen molar-refractivity contribution < 1.29 is 4.42 Å². The average molecular weight is 358 g/mol. The van der Waals surface area contributed by atoms with Gasteiger partial charge in [0, 0.05) is 30.6 Å². The van der Waals surface area contributed by atoms with E-state index in [1.807, 2.05) is 30.3 Å². The highest BCUT2D eigenvalue weighted by molar-refractivity contribution is 5.81. The normalized spacial score (nSPS) is 11.1. The molecule has 0 atom stereocenters. The van der Waals surface area contributed by atoms with E-state index in [1.165, 1.54) is 0 Å². The number of para-hydroxylation sites is 1. The molecule has 1 heterocycles. The first kappa shape index (κ1) is 17.3. The molecule has 0 bridgehead atoms. The lowest BCUT2D eigenvalue weighted by molar-refractivity contribution is 0.600. The smallest absolute Gasteiger partial charge is 0.203 e. The van der Waals surface area contributed by atoms with Crippen molar-refractivity contribution in [1.82, 2.24) is 9.56 Å². The van der Waals surface area contributed by atoms with Gasteiger partial charge in [-0.05, 0) is 44.2 Å². The summed E-state index contributed by atoms with van der Waals surface area (Å²) in [6.45, 7) is 6.26. The first-order valence-electron chi connectivity index (χ1n) is 9.41. The Morgan fingerprint density at radius 3 is 2.41 bits per heavy atom. The first-order chi connectivity index (χ1) is 13.2. The maximum Gasteiger partial charge on any atom is 0.203 e. The van der Waals surface area contributed by atoms with Gasteiger partial charge in [0.15, 0.2) is 11.3 Å². The topological polar surface area (TPSA) is 32.3 Å². The van der Waals surface area contributed by atoms with Gasteiger partial charge in [0.2, 0.25) is 5.36 Å². The summed E-state index contributed by atoms with van der Waals surface area (Å²) < 4.78 is 8.54. The van der Waals surface area contributed by atoms with E-state index in [9.17, 15) is 0 Å². The third-order valence-electron chi connectivity index (χ3n) is 5.01. The molecule has 0 fully saturated rings. The Kier molecular flexibility index (Phi) is 4.63. The molecule has 2 aromatic carbocycles. The Balaban J connectivity index is 1.84. The van der Waals surface area contributed by atoms with Gasteiger partial charge in [-0.25, -0.2) is 9.56 Å². The second-order valence-electron chi connectivity index (χ2n) is 6.58. The van der Waals surface area contributed by atoms with Gasteiger partial charge in [0.1, 0.15) is 24.3 Å². The van der Waals surface area contributed by atoms with Crippen LogP contribution in [0.25, 0.3) is 22.6 Å². The summed E-state index contributed by atoms with van der Waals surface area (Å²) in [6.07, 6.45) is 0. The molecule has 2 aliphatic rings. The van der Waals surface area contributed by atoms with Crippen LogP contribution in [0.15, 0.2) is 71.1 Å². The van der Waals surface area contributed by atoms with Crippen molar-refractivity contribution in [2.45, 2.75) is 13.8 Å². The quantitative estimate of drug-likeness (QED) is 0.397. The van der Waals surface area contributed by atoms with E-state index in [0.29, 0.717) is 0 Å². The Morgan fingerprint density at radius 2 is 1.67 bits per heavy atom. The van der Waals surface area contributed by atoms with Crippen molar-refractivity contribution in [3.63, 3.8) is 0 Å². The summed E-state index contributed by atoms with van der Waals surface area (Å²) in [4.78, 5) is 6.92. The van der Waals surface area contributed by atoms with Gasteiger partial charge in [0.25, 0.3) is 0 Å². The number of fused-ring (bicyclic) bond motifs is 2. The summed E-state index contributed by atoms with van der Waals surface area (Å²) >= 11 is 0. The van der Waals surface area contributed by atoms with Crippen molar-refractivity contribution >= 4 is 22.5 Å². The van der Waals surface area contributed by atoms with Crippen molar-refractivity contribution in [3.8, 4) is 11.5 Å². The summed E-state index contributed by atoms with van der Waals surface area (Å²) in [6, 6.07) is 22.7. The minimum Gasteiger partial charge on any atom is -0.452 e. The molecule has 1 aliphatic carbocycles. The Hall–Kier alpha value is -3.14. The number of hydrogen-bond acceptors (Lipinski definition) is 3. The standard InChI is InChI=1S/C23H24N3O/c1-4-26(5-2)19-12-14-21-23(16-19)27-22-15-18(11-13-20(22)24-21)25(3)17-9-7-6-8-10-17/h6-16H,4-5H2,1-3H3/q+1. The zero-order valence-corrected chi connectivity index (χ0v) is 16.0. The fourth-order valence-electron chi connectivity index (χ4n) is 3.40. The van der Waals surface area contributed by atoms with Crippen LogP contribution in [-0.4, -0.2) is 25.1 Å². The molecular weight excluding hydrogens is 334 g/mol. The van der Waals surface area contributed by atoms with E-state index in [2.05, 4.69) is 66.8 Å². The maximum atomic E-state index is 6.24. The fourth-order valence-corrected chi connectivity index (χ4v) is 3.40. The average Bonchev–Trinajstić information content (AvgIpc) is 2.72. The minimum absolute atomic E-state index is 0.791. The summed E-state index contributed by atoms with van der Waals surface area (Å²) in [5.41, 5.74) is 4.73. The van der Waals surface area contributed by atoms with Crippen LogP contribution >= 0.6 is 0 Å². The van der Waals surface area contributed by atoms with Gasteiger partial charge in [-0.15, -0.1) is 0 Å². The van der Waals surface area contributed by atoms with Crippen molar-refractivity contribution in [3.05, 3.63) is 72.1 Å². The molecule has 0 saturated heterocycles. The van der Waals surface area contributed by atoms with E-state index in [4.69, 9.17) is 9.40 Å². The molecule has 0 aromatic heterocycles. The van der Waals surface area contributed by atoms with Crippen molar-refractivity contribution in [2.75, 3.05) is 25.0 Å². The van der Waals surface area contributed by atoms with Crippen LogP contribution in [0.4, 0.5) is 11.4 Å². The van der Waals surface area contributed by atoms with Gasteiger partial charge in [0.05, 0.1) is 6.07 Å². The van der Waals surface area contributed by atoms with Gasteiger partial charge in [-0.3, -0.25) is 0 Å². The number of nitrogens with zero attached hydrogens (tertiary/aromatic N) is 3. The summed E-state index contributed by atoms with van der Waals surface area (Å²) in [5, 5.41) is 1.16. The van der Waals surface area contributed by atoms with Gasteiger partial charge >= 0.3 is 0 Å². The van der Waals surface area contributed by atoms with Crippen LogP contribution in [-0.2, 0) is 0 Å². The minimum atomic E-state index is 0.791. The molecule has 0 radical (unpaired) electrons. The van der Waals surface area contributed by atoms with E-state index in [-0.39, 0.29) is 0 Å². The van der Waals surface area contributed by atoms with Gasteiger partial charge in [-0.1, -0.05) is 18.2 Å². The van der Waals surface area contributed by atoms with E-state index in [1.54, 1.807) is 0 Å². The van der Waals surface area contributed by atoms with Crippen LogP contribution in [0.5, 0.6) is 0 Å².